The fraction of sp³-hybridized carbons (Fsp3) is 0.250. The Morgan fingerprint density at radius 3 is 2.67 bits per heavy atom. The number of aromatic nitrogens is 2. The van der Waals surface area contributed by atoms with Crippen molar-refractivity contribution in [1.82, 2.24) is 9.55 Å². The van der Waals surface area contributed by atoms with Crippen molar-refractivity contribution >= 4 is 15.9 Å². The number of aryl methyl sites for hydroxylation is 2. The number of nitrogens with zero attached hydrogens (tertiary/aromatic N) is 2. The Morgan fingerprint density at radius 2 is 2.07 bits per heavy atom. The second kappa shape index (κ2) is 4.19. The van der Waals surface area contributed by atoms with Gasteiger partial charge in [-0.3, -0.25) is 0 Å². The fourth-order valence-electron chi connectivity index (χ4n) is 1.61. The molecule has 78 valence electrons. The molecule has 0 aliphatic carbocycles. The maximum atomic E-state index is 4.22. The van der Waals surface area contributed by atoms with Gasteiger partial charge in [-0.05, 0) is 34.0 Å². The van der Waals surface area contributed by atoms with Crippen molar-refractivity contribution in [1.29, 1.82) is 0 Å². The minimum atomic E-state index is 0.920. The van der Waals surface area contributed by atoms with Gasteiger partial charge in [0.15, 0.2) is 0 Å². The summed E-state index contributed by atoms with van der Waals surface area (Å²) in [7, 11) is 2.02. The van der Waals surface area contributed by atoms with Crippen molar-refractivity contribution in [3.63, 3.8) is 0 Å². The maximum absolute atomic E-state index is 4.22. The summed E-state index contributed by atoms with van der Waals surface area (Å²) in [6.07, 6.45) is 2.75. The highest BCUT2D eigenvalue weighted by Crippen LogP contribution is 2.19. The highest BCUT2D eigenvalue weighted by molar-refractivity contribution is 9.10. The van der Waals surface area contributed by atoms with Gasteiger partial charge in [-0.25, -0.2) is 4.98 Å². The minimum absolute atomic E-state index is 0.920. The Hall–Kier alpha value is -1.09. The van der Waals surface area contributed by atoms with Crippen molar-refractivity contribution in [3.8, 4) is 0 Å². The first-order valence-corrected chi connectivity index (χ1v) is 5.68. The summed E-state index contributed by atoms with van der Waals surface area (Å²) < 4.78 is 2.99. The van der Waals surface area contributed by atoms with Crippen LogP contribution in [0.3, 0.4) is 0 Å². The van der Waals surface area contributed by atoms with Crippen LogP contribution in [0, 0.1) is 6.92 Å². The molecule has 2 aromatic rings. The molecule has 15 heavy (non-hydrogen) atoms. The molecule has 1 heterocycles. The van der Waals surface area contributed by atoms with E-state index in [2.05, 4.69) is 56.7 Å². The summed E-state index contributed by atoms with van der Waals surface area (Å²) in [5.74, 6) is 0. The number of hydrogen-bond acceptors (Lipinski definition) is 1. The summed E-state index contributed by atoms with van der Waals surface area (Å²) in [5, 5.41) is 0. The molecule has 1 aromatic heterocycles. The van der Waals surface area contributed by atoms with Gasteiger partial charge in [0.25, 0.3) is 0 Å². The van der Waals surface area contributed by atoms with Gasteiger partial charge in [0.2, 0.25) is 0 Å². The Kier molecular flexibility index (Phi) is 2.91. The zero-order valence-corrected chi connectivity index (χ0v) is 10.5. The third-order valence-corrected chi connectivity index (χ3v) is 3.29. The molecule has 0 spiro atoms. The molecule has 0 N–H and O–H groups in total. The van der Waals surface area contributed by atoms with E-state index in [-0.39, 0.29) is 0 Å². The number of imidazole rings is 1. The van der Waals surface area contributed by atoms with Crippen molar-refractivity contribution in [3.05, 3.63) is 52.0 Å². The molecule has 0 saturated carbocycles. The molecule has 0 saturated heterocycles. The van der Waals surface area contributed by atoms with Gasteiger partial charge < -0.3 is 4.57 Å². The van der Waals surface area contributed by atoms with E-state index >= 15 is 0 Å². The number of rotatable bonds is 2. The number of benzene rings is 1. The van der Waals surface area contributed by atoms with Gasteiger partial charge in [-0.2, -0.15) is 0 Å². The van der Waals surface area contributed by atoms with Crippen LogP contribution in [0.15, 0.2) is 35.2 Å². The summed E-state index contributed by atoms with van der Waals surface area (Å²) in [5.41, 5.74) is 3.89. The molecule has 2 rings (SSSR count). The third kappa shape index (κ3) is 2.12. The maximum Gasteiger partial charge on any atom is 0.127 e. The first kappa shape index (κ1) is 10.4. The van der Waals surface area contributed by atoms with E-state index in [0.717, 1.165) is 11.0 Å². The van der Waals surface area contributed by atoms with Crippen LogP contribution in [0.1, 0.15) is 16.8 Å². The van der Waals surface area contributed by atoms with E-state index < -0.39 is 0 Å². The van der Waals surface area contributed by atoms with Gasteiger partial charge in [0, 0.05) is 13.5 Å². The average molecular weight is 265 g/mol. The monoisotopic (exact) mass is 264 g/mol. The van der Waals surface area contributed by atoms with Crippen LogP contribution >= 0.6 is 15.9 Å². The highest BCUT2D eigenvalue weighted by atomic mass is 79.9. The van der Waals surface area contributed by atoms with Crippen molar-refractivity contribution < 1.29 is 0 Å². The van der Waals surface area contributed by atoms with E-state index in [4.69, 9.17) is 0 Å². The average Bonchev–Trinajstić information content (AvgIpc) is 2.53. The van der Waals surface area contributed by atoms with Crippen LogP contribution < -0.4 is 0 Å². The predicted octanol–water partition coefficient (Wildman–Crippen LogP) is 3.08. The van der Waals surface area contributed by atoms with Gasteiger partial charge in [0.1, 0.15) is 4.60 Å². The lowest BCUT2D eigenvalue weighted by molar-refractivity contribution is 0.841. The van der Waals surface area contributed by atoms with E-state index in [9.17, 15) is 0 Å². The van der Waals surface area contributed by atoms with Crippen LogP contribution in [0.2, 0.25) is 0 Å². The zero-order valence-electron chi connectivity index (χ0n) is 8.87. The quantitative estimate of drug-likeness (QED) is 0.815. The molecule has 1 aromatic carbocycles. The Morgan fingerprint density at radius 1 is 1.33 bits per heavy atom. The van der Waals surface area contributed by atoms with E-state index in [1.807, 2.05) is 13.4 Å². The van der Waals surface area contributed by atoms with Gasteiger partial charge in [0.05, 0.1) is 12.0 Å². The summed E-state index contributed by atoms with van der Waals surface area (Å²) >= 11 is 3.47. The van der Waals surface area contributed by atoms with Crippen LogP contribution in [0.5, 0.6) is 0 Å². The summed E-state index contributed by atoms with van der Waals surface area (Å²) in [6.45, 7) is 2.14. The minimum Gasteiger partial charge on any atom is -0.336 e. The first-order valence-electron chi connectivity index (χ1n) is 4.88. The Balaban J connectivity index is 2.34. The predicted molar refractivity (Wildman–Crippen MR) is 64.9 cm³/mol. The normalized spacial score (nSPS) is 10.6. The van der Waals surface area contributed by atoms with Crippen molar-refractivity contribution in [2.75, 3.05) is 0 Å². The highest BCUT2D eigenvalue weighted by Gasteiger charge is 2.07. The molecule has 0 radical (unpaired) electrons. The summed E-state index contributed by atoms with van der Waals surface area (Å²) in [6, 6.07) is 8.44. The second-order valence-corrected chi connectivity index (χ2v) is 4.45. The SMILES string of the molecule is Cc1ccccc1Cc1c(Br)ncn1C. The Bertz CT molecular complexity index is 455. The smallest absolute Gasteiger partial charge is 0.127 e. The number of halogens is 1. The first-order chi connectivity index (χ1) is 7.18. The molecule has 0 aliphatic rings. The van der Waals surface area contributed by atoms with Gasteiger partial charge in [-0.15, -0.1) is 0 Å². The molecule has 0 aliphatic heterocycles. The van der Waals surface area contributed by atoms with Gasteiger partial charge >= 0.3 is 0 Å². The Labute approximate surface area is 98.1 Å². The lowest BCUT2D eigenvalue weighted by Crippen LogP contribution is -1.98. The largest absolute Gasteiger partial charge is 0.336 e. The lowest BCUT2D eigenvalue weighted by atomic mass is 10.0. The molecule has 3 heteroatoms. The zero-order chi connectivity index (χ0) is 10.8. The van der Waals surface area contributed by atoms with E-state index in [0.29, 0.717) is 0 Å². The molecule has 0 atom stereocenters. The molecule has 0 fully saturated rings. The standard InChI is InChI=1S/C12H13BrN2/c1-9-5-3-4-6-10(9)7-11-12(13)14-8-15(11)2/h3-6,8H,7H2,1-2H3. The topological polar surface area (TPSA) is 17.8 Å². The summed E-state index contributed by atoms with van der Waals surface area (Å²) in [4.78, 5) is 4.22. The van der Waals surface area contributed by atoms with Crippen LogP contribution in [-0.4, -0.2) is 9.55 Å². The van der Waals surface area contributed by atoms with Crippen LogP contribution in [-0.2, 0) is 13.5 Å². The van der Waals surface area contributed by atoms with Crippen molar-refractivity contribution in [2.24, 2.45) is 7.05 Å². The molecule has 0 bridgehead atoms. The third-order valence-electron chi connectivity index (χ3n) is 2.63. The van der Waals surface area contributed by atoms with Crippen LogP contribution in [0.4, 0.5) is 0 Å². The van der Waals surface area contributed by atoms with E-state index in [1.165, 1.54) is 16.8 Å². The van der Waals surface area contributed by atoms with E-state index in [1.54, 1.807) is 0 Å². The fourth-order valence-corrected chi connectivity index (χ4v) is 2.12. The molecular formula is C12H13BrN2. The number of hydrogen-bond donors (Lipinski definition) is 0. The molecular weight excluding hydrogens is 252 g/mol. The van der Waals surface area contributed by atoms with Crippen LogP contribution in [0.25, 0.3) is 0 Å². The molecule has 2 nitrogen and oxygen atoms in total. The molecule has 0 amide bonds. The molecule has 0 unspecified atom stereocenters. The second-order valence-electron chi connectivity index (χ2n) is 3.70. The van der Waals surface area contributed by atoms with Crippen molar-refractivity contribution in [2.45, 2.75) is 13.3 Å². The lowest BCUT2D eigenvalue weighted by Gasteiger charge is -2.06. The van der Waals surface area contributed by atoms with Gasteiger partial charge in [-0.1, -0.05) is 24.3 Å².